The third-order valence-corrected chi connectivity index (χ3v) is 2.52. The molecule has 0 bridgehead atoms. The summed E-state index contributed by atoms with van der Waals surface area (Å²) in [5.74, 6) is 0. The highest BCUT2D eigenvalue weighted by Crippen LogP contribution is 2.01. The lowest BCUT2D eigenvalue weighted by atomic mass is 10.2. The zero-order valence-electron chi connectivity index (χ0n) is 8.62. The van der Waals surface area contributed by atoms with Crippen LogP contribution in [0.4, 0.5) is 0 Å². The van der Waals surface area contributed by atoms with Gasteiger partial charge in [-0.05, 0) is 32.1 Å². The van der Waals surface area contributed by atoms with E-state index in [1.807, 2.05) is 0 Å². The van der Waals surface area contributed by atoms with Crippen LogP contribution in [0.2, 0.25) is 0 Å². The molecule has 4 heteroatoms. The minimum atomic E-state index is -0.552. The van der Waals surface area contributed by atoms with Crippen LogP contribution in [0, 0.1) is 0 Å². The van der Waals surface area contributed by atoms with E-state index in [0.717, 1.165) is 44.2 Å². The molecule has 0 heterocycles. The highest BCUT2D eigenvalue weighted by Gasteiger charge is 2.00. The van der Waals surface area contributed by atoms with E-state index in [-0.39, 0.29) is 6.61 Å². The Balaban J connectivity index is 2.92. The zero-order valence-corrected chi connectivity index (χ0v) is 10.2. The lowest BCUT2D eigenvalue weighted by Gasteiger charge is -2.06. The number of aliphatic hydroxyl groups is 2. The Morgan fingerprint density at radius 3 is 2.29 bits per heavy atom. The molecule has 0 amide bonds. The van der Waals surface area contributed by atoms with Gasteiger partial charge in [-0.2, -0.15) is 0 Å². The number of rotatable bonds is 10. The smallest absolute Gasteiger partial charge is 0.0771 e. The van der Waals surface area contributed by atoms with Crippen LogP contribution in [0.15, 0.2) is 0 Å². The van der Waals surface area contributed by atoms with Crippen molar-refractivity contribution < 1.29 is 14.9 Å². The van der Waals surface area contributed by atoms with Crippen molar-refractivity contribution in [2.75, 3.05) is 25.2 Å². The molecule has 3 nitrogen and oxygen atoms in total. The van der Waals surface area contributed by atoms with E-state index in [4.69, 9.17) is 14.9 Å². The van der Waals surface area contributed by atoms with Gasteiger partial charge in [0.2, 0.25) is 0 Å². The summed E-state index contributed by atoms with van der Waals surface area (Å²) in [5, 5.41) is 18.6. The summed E-state index contributed by atoms with van der Waals surface area (Å²) >= 11 is 3.36. The SMILES string of the molecule is OCC(O)CCCCOCCCCBr. The number of unbranched alkanes of at least 4 members (excludes halogenated alkanes) is 2. The average molecular weight is 269 g/mol. The van der Waals surface area contributed by atoms with E-state index < -0.39 is 6.10 Å². The quantitative estimate of drug-likeness (QED) is 0.469. The van der Waals surface area contributed by atoms with Crippen molar-refractivity contribution in [3.05, 3.63) is 0 Å². The van der Waals surface area contributed by atoms with Gasteiger partial charge in [-0.3, -0.25) is 0 Å². The minimum Gasteiger partial charge on any atom is -0.394 e. The molecule has 0 aliphatic carbocycles. The first kappa shape index (κ1) is 14.4. The zero-order chi connectivity index (χ0) is 10.6. The molecular weight excluding hydrogens is 248 g/mol. The molecule has 0 saturated heterocycles. The van der Waals surface area contributed by atoms with Crippen molar-refractivity contribution in [3.63, 3.8) is 0 Å². The van der Waals surface area contributed by atoms with Gasteiger partial charge in [0.1, 0.15) is 0 Å². The largest absolute Gasteiger partial charge is 0.394 e. The van der Waals surface area contributed by atoms with Gasteiger partial charge < -0.3 is 14.9 Å². The van der Waals surface area contributed by atoms with E-state index >= 15 is 0 Å². The average Bonchev–Trinajstić information content (AvgIpc) is 2.21. The van der Waals surface area contributed by atoms with E-state index in [1.54, 1.807) is 0 Å². The number of hydrogen-bond acceptors (Lipinski definition) is 3. The van der Waals surface area contributed by atoms with E-state index in [0.29, 0.717) is 6.42 Å². The Labute approximate surface area is 94.6 Å². The summed E-state index contributed by atoms with van der Waals surface area (Å²) in [4.78, 5) is 0. The van der Waals surface area contributed by atoms with E-state index in [1.165, 1.54) is 0 Å². The van der Waals surface area contributed by atoms with Crippen LogP contribution >= 0.6 is 15.9 Å². The molecule has 0 spiro atoms. The van der Waals surface area contributed by atoms with Gasteiger partial charge in [0.25, 0.3) is 0 Å². The maximum atomic E-state index is 9.03. The van der Waals surface area contributed by atoms with Crippen LogP contribution in [0.25, 0.3) is 0 Å². The number of aliphatic hydroxyl groups excluding tert-OH is 2. The molecule has 14 heavy (non-hydrogen) atoms. The first-order valence-electron chi connectivity index (χ1n) is 5.24. The van der Waals surface area contributed by atoms with Gasteiger partial charge in [0.15, 0.2) is 0 Å². The van der Waals surface area contributed by atoms with Crippen molar-refractivity contribution in [2.24, 2.45) is 0 Å². The fourth-order valence-corrected chi connectivity index (χ4v) is 1.47. The molecule has 0 aromatic rings. The molecular formula is C10H21BrO3. The highest BCUT2D eigenvalue weighted by molar-refractivity contribution is 9.09. The molecule has 0 aromatic carbocycles. The fourth-order valence-electron chi connectivity index (χ4n) is 1.08. The summed E-state index contributed by atoms with van der Waals surface area (Å²) < 4.78 is 5.39. The van der Waals surface area contributed by atoms with Gasteiger partial charge in [-0.1, -0.05) is 15.9 Å². The number of halogens is 1. The summed E-state index contributed by atoms with van der Waals surface area (Å²) in [6.07, 6.45) is 4.25. The molecule has 0 aromatic heterocycles. The third-order valence-electron chi connectivity index (χ3n) is 1.96. The number of ether oxygens (including phenoxy) is 1. The van der Waals surface area contributed by atoms with Crippen molar-refractivity contribution in [1.82, 2.24) is 0 Å². The maximum absolute atomic E-state index is 9.03. The van der Waals surface area contributed by atoms with Crippen molar-refractivity contribution in [3.8, 4) is 0 Å². The van der Waals surface area contributed by atoms with Gasteiger partial charge in [-0.15, -0.1) is 0 Å². The van der Waals surface area contributed by atoms with Gasteiger partial charge in [-0.25, -0.2) is 0 Å². The maximum Gasteiger partial charge on any atom is 0.0771 e. The predicted molar refractivity (Wildman–Crippen MR) is 60.8 cm³/mol. The van der Waals surface area contributed by atoms with Gasteiger partial charge in [0, 0.05) is 18.5 Å². The normalized spacial score (nSPS) is 13.1. The standard InChI is InChI=1S/C10H21BrO3/c11-6-2-4-8-14-7-3-1-5-10(13)9-12/h10,12-13H,1-9H2. The molecule has 86 valence electrons. The third kappa shape index (κ3) is 10.4. The van der Waals surface area contributed by atoms with E-state index in [2.05, 4.69) is 15.9 Å². The Morgan fingerprint density at radius 1 is 1.07 bits per heavy atom. The van der Waals surface area contributed by atoms with E-state index in [9.17, 15) is 0 Å². The monoisotopic (exact) mass is 268 g/mol. The summed E-state index contributed by atoms with van der Waals surface area (Å²) in [7, 11) is 0. The molecule has 1 unspecified atom stereocenters. The second kappa shape index (κ2) is 11.4. The summed E-state index contributed by atoms with van der Waals surface area (Å²) in [6.45, 7) is 1.46. The first-order valence-corrected chi connectivity index (χ1v) is 6.36. The van der Waals surface area contributed by atoms with Crippen molar-refractivity contribution in [2.45, 2.75) is 38.2 Å². The molecule has 0 radical (unpaired) electrons. The minimum absolute atomic E-state index is 0.133. The van der Waals surface area contributed by atoms with Crippen molar-refractivity contribution >= 4 is 15.9 Å². The van der Waals surface area contributed by atoms with Crippen LogP contribution in [-0.2, 0) is 4.74 Å². The summed E-state index contributed by atoms with van der Waals surface area (Å²) in [6, 6.07) is 0. The Bertz CT molecular complexity index is 112. The number of hydrogen-bond donors (Lipinski definition) is 2. The fraction of sp³-hybridized carbons (Fsp3) is 1.00. The van der Waals surface area contributed by atoms with Crippen LogP contribution in [0.3, 0.4) is 0 Å². The lowest BCUT2D eigenvalue weighted by molar-refractivity contribution is 0.0801. The van der Waals surface area contributed by atoms with Gasteiger partial charge in [0.05, 0.1) is 12.7 Å². The molecule has 0 aliphatic heterocycles. The predicted octanol–water partition coefficient (Wildman–Crippen LogP) is 1.70. The van der Waals surface area contributed by atoms with Crippen LogP contribution in [-0.4, -0.2) is 41.5 Å². The molecule has 2 N–H and O–H groups in total. The van der Waals surface area contributed by atoms with Crippen LogP contribution < -0.4 is 0 Å². The Hall–Kier alpha value is 0.360. The molecule has 0 saturated carbocycles. The molecule has 1 atom stereocenters. The Morgan fingerprint density at radius 2 is 1.71 bits per heavy atom. The topological polar surface area (TPSA) is 49.7 Å². The van der Waals surface area contributed by atoms with Crippen molar-refractivity contribution in [1.29, 1.82) is 0 Å². The lowest BCUT2D eigenvalue weighted by Crippen LogP contribution is -2.11. The first-order chi connectivity index (χ1) is 6.81. The highest BCUT2D eigenvalue weighted by atomic mass is 79.9. The molecule has 0 rings (SSSR count). The summed E-state index contributed by atoms with van der Waals surface area (Å²) in [5.41, 5.74) is 0. The van der Waals surface area contributed by atoms with Gasteiger partial charge >= 0.3 is 0 Å². The second-order valence-corrected chi connectivity index (χ2v) is 4.13. The molecule has 0 fully saturated rings. The van der Waals surface area contributed by atoms with Crippen LogP contribution in [0.1, 0.15) is 32.1 Å². The van der Waals surface area contributed by atoms with Crippen LogP contribution in [0.5, 0.6) is 0 Å². The number of alkyl halides is 1. The molecule has 0 aliphatic rings. The second-order valence-electron chi connectivity index (χ2n) is 3.34. The Kier molecular flexibility index (Phi) is 11.7.